The minimum Gasteiger partial charge on any atom is -0.391 e. The molecule has 0 unspecified atom stereocenters. The van der Waals surface area contributed by atoms with Gasteiger partial charge in [-0.1, -0.05) is 11.2 Å². The van der Waals surface area contributed by atoms with E-state index in [2.05, 4.69) is 15.0 Å². The second-order valence-electron chi connectivity index (χ2n) is 5.06. The van der Waals surface area contributed by atoms with Crippen LogP contribution in [-0.2, 0) is 6.42 Å². The first-order valence-corrected chi connectivity index (χ1v) is 6.48. The molecule has 0 amide bonds. The van der Waals surface area contributed by atoms with E-state index in [1.54, 1.807) is 6.20 Å². The Morgan fingerprint density at radius 2 is 2.32 bits per heavy atom. The fourth-order valence-electron chi connectivity index (χ4n) is 2.55. The molecule has 5 heteroatoms. The summed E-state index contributed by atoms with van der Waals surface area (Å²) in [6, 6.07) is 7.75. The quantitative estimate of drug-likeness (QED) is 0.903. The monoisotopic (exact) mass is 259 g/mol. The van der Waals surface area contributed by atoms with E-state index in [0.717, 1.165) is 23.8 Å². The number of nitrogens with zero attached hydrogens (tertiary/aromatic N) is 3. The standard InChI is InChI=1S/C14H17N3O2/c1-10-6-12(19-16-10)7-11-8-17(9-13(11)18)14-4-2-3-5-15-14/h2-6,11,13,18H,7-9H2,1H3/t11-,13-/m1/s1. The maximum atomic E-state index is 10.2. The highest BCUT2D eigenvalue weighted by Gasteiger charge is 2.32. The molecule has 19 heavy (non-hydrogen) atoms. The Hall–Kier alpha value is -1.88. The van der Waals surface area contributed by atoms with Crippen molar-refractivity contribution < 1.29 is 9.63 Å². The molecule has 3 rings (SSSR count). The molecule has 0 aromatic carbocycles. The molecule has 1 saturated heterocycles. The highest BCUT2D eigenvalue weighted by atomic mass is 16.5. The lowest BCUT2D eigenvalue weighted by Gasteiger charge is -2.16. The van der Waals surface area contributed by atoms with Crippen LogP contribution in [0.1, 0.15) is 11.5 Å². The zero-order chi connectivity index (χ0) is 13.2. The van der Waals surface area contributed by atoms with Gasteiger partial charge in [-0.05, 0) is 19.1 Å². The van der Waals surface area contributed by atoms with Crippen molar-refractivity contribution in [3.8, 4) is 0 Å². The van der Waals surface area contributed by atoms with Crippen molar-refractivity contribution in [3.05, 3.63) is 41.9 Å². The van der Waals surface area contributed by atoms with Crippen LogP contribution in [0.2, 0.25) is 0 Å². The number of aryl methyl sites for hydroxylation is 1. The summed E-state index contributed by atoms with van der Waals surface area (Å²) >= 11 is 0. The lowest BCUT2D eigenvalue weighted by molar-refractivity contribution is 0.143. The molecular weight excluding hydrogens is 242 g/mol. The van der Waals surface area contributed by atoms with E-state index in [9.17, 15) is 5.11 Å². The Labute approximate surface area is 111 Å². The topological polar surface area (TPSA) is 62.4 Å². The third-order valence-corrected chi connectivity index (χ3v) is 3.52. The smallest absolute Gasteiger partial charge is 0.137 e. The summed E-state index contributed by atoms with van der Waals surface area (Å²) in [6.07, 6.45) is 2.13. The minimum atomic E-state index is -0.354. The molecule has 0 bridgehead atoms. The van der Waals surface area contributed by atoms with Crippen molar-refractivity contribution in [1.82, 2.24) is 10.1 Å². The van der Waals surface area contributed by atoms with Crippen molar-refractivity contribution in [1.29, 1.82) is 0 Å². The average Bonchev–Trinajstić information content (AvgIpc) is 2.98. The molecule has 0 saturated carbocycles. The van der Waals surface area contributed by atoms with Crippen LogP contribution in [-0.4, -0.2) is 34.4 Å². The average molecular weight is 259 g/mol. The van der Waals surface area contributed by atoms with E-state index >= 15 is 0 Å². The minimum absolute atomic E-state index is 0.161. The second kappa shape index (κ2) is 5.01. The molecule has 1 fully saturated rings. The number of aliphatic hydroxyl groups is 1. The van der Waals surface area contributed by atoms with Crippen LogP contribution in [0.4, 0.5) is 5.82 Å². The molecule has 1 aliphatic heterocycles. The maximum absolute atomic E-state index is 10.2. The van der Waals surface area contributed by atoms with Gasteiger partial charge in [0, 0.05) is 37.7 Å². The Morgan fingerprint density at radius 3 is 3.00 bits per heavy atom. The predicted molar refractivity (Wildman–Crippen MR) is 70.9 cm³/mol. The Kier molecular flexibility index (Phi) is 3.21. The van der Waals surface area contributed by atoms with Crippen molar-refractivity contribution in [2.75, 3.05) is 18.0 Å². The molecule has 2 aromatic rings. The van der Waals surface area contributed by atoms with Gasteiger partial charge >= 0.3 is 0 Å². The van der Waals surface area contributed by atoms with E-state index in [1.807, 2.05) is 31.2 Å². The summed E-state index contributed by atoms with van der Waals surface area (Å²) < 4.78 is 5.22. The number of aliphatic hydroxyl groups excluding tert-OH is 1. The predicted octanol–water partition coefficient (Wildman–Crippen LogP) is 1.42. The molecule has 5 nitrogen and oxygen atoms in total. The number of pyridine rings is 1. The number of rotatable bonds is 3. The van der Waals surface area contributed by atoms with E-state index in [-0.39, 0.29) is 12.0 Å². The van der Waals surface area contributed by atoms with Crippen molar-refractivity contribution in [2.24, 2.45) is 5.92 Å². The van der Waals surface area contributed by atoms with Crippen molar-refractivity contribution >= 4 is 5.82 Å². The summed E-state index contributed by atoms with van der Waals surface area (Å²) in [4.78, 5) is 6.43. The van der Waals surface area contributed by atoms with E-state index in [1.165, 1.54) is 0 Å². The number of anilines is 1. The van der Waals surface area contributed by atoms with Crippen molar-refractivity contribution in [2.45, 2.75) is 19.4 Å². The Balaban J connectivity index is 1.68. The highest BCUT2D eigenvalue weighted by Crippen LogP contribution is 2.25. The van der Waals surface area contributed by atoms with Gasteiger partial charge in [0.05, 0.1) is 11.8 Å². The molecule has 0 radical (unpaired) electrons. The van der Waals surface area contributed by atoms with Crippen LogP contribution < -0.4 is 4.90 Å². The maximum Gasteiger partial charge on any atom is 0.137 e. The lowest BCUT2D eigenvalue weighted by Crippen LogP contribution is -2.21. The molecular formula is C14H17N3O2. The Morgan fingerprint density at radius 1 is 1.42 bits per heavy atom. The van der Waals surface area contributed by atoms with Gasteiger partial charge in [-0.3, -0.25) is 0 Å². The van der Waals surface area contributed by atoms with Gasteiger partial charge in [0.15, 0.2) is 0 Å². The normalized spacial score (nSPS) is 22.9. The highest BCUT2D eigenvalue weighted by molar-refractivity contribution is 5.39. The fraction of sp³-hybridized carbons (Fsp3) is 0.429. The third-order valence-electron chi connectivity index (χ3n) is 3.52. The summed E-state index contributed by atoms with van der Waals surface area (Å²) in [6.45, 7) is 3.31. The van der Waals surface area contributed by atoms with Gasteiger partial charge in [-0.2, -0.15) is 0 Å². The van der Waals surface area contributed by atoms with Crippen LogP contribution in [0.25, 0.3) is 0 Å². The summed E-state index contributed by atoms with van der Waals surface area (Å²) in [7, 11) is 0. The van der Waals surface area contributed by atoms with E-state index in [0.29, 0.717) is 13.0 Å². The van der Waals surface area contributed by atoms with E-state index in [4.69, 9.17) is 4.52 Å². The van der Waals surface area contributed by atoms with Gasteiger partial charge in [0.1, 0.15) is 11.6 Å². The summed E-state index contributed by atoms with van der Waals surface area (Å²) in [5, 5.41) is 14.0. The number of hydrogen-bond acceptors (Lipinski definition) is 5. The molecule has 1 aliphatic rings. The lowest BCUT2D eigenvalue weighted by atomic mass is 10.0. The van der Waals surface area contributed by atoms with Crippen LogP contribution >= 0.6 is 0 Å². The van der Waals surface area contributed by atoms with Gasteiger partial charge < -0.3 is 14.5 Å². The molecule has 2 aromatic heterocycles. The third kappa shape index (κ3) is 2.61. The number of aromatic nitrogens is 2. The van der Waals surface area contributed by atoms with Crippen LogP contribution in [0.5, 0.6) is 0 Å². The molecule has 3 heterocycles. The zero-order valence-corrected chi connectivity index (χ0v) is 10.9. The number of hydrogen-bond donors (Lipinski definition) is 1. The largest absolute Gasteiger partial charge is 0.391 e. The Bertz CT molecular complexity index is 541. The van der Waals surface area contributed by atoms with Gasteiger partial charge in [-0.15, -0.1) is 0 Å². The summed E-state index contributed by atoms with van der Waals surface area (Å²) in [5.41, 5.74) is 0.879. The molecule has 0 spiro atoms. The fourth-order valence-corrected chi connectivity index (χ4v) is 2.55. The molecule has 0 aliphatic carbocycles. The number of β-amino-alcohol motifs (C(OH)–C–C–N with tert-alkyl or cyclic N) is 1. The molecule has 2 atom stereocenters. The SMILES string of the molecule is Cc1cc(C[C@@H]2CN(c3ccccn3)C[C@H]2O)on1. The van der Waals surface area contributed by atoms with E-state index < -0.39 is 0 Å². The zero-order valence-electron chi connectivity index (χ0n) is 10.9. The van der Waals surface area contributed by atoms with Crippen LogP contribution in [0, 0.1) is 12.8 Å². The van der Waals surface area contributed by atoms with Crippen LogP contribution in [0.3, 0.4) is 0 Å². The molecule has 100 valence electrons. The van der Waals surface area contributed by atoms with Gasteiger partial charge in [-0.25, -0.2) is 4.98 Å². The summed E-state index contributed by atoms with van der Waals surface area (Å²) in [5.74, 6) is 1.91. The first-order valence-electron chi connectivity index (χ1n) is 6.48. The first kappa shape index (κ1) is 12.2. The second-order valence-corrected chi connectivity index (χ2v) is 5.06. The molecule has 1 N–H and O–H groups in total. The van der Waals surface area contributed by atoms with Crippen molar-refractivity contribution in [3.63, 3.8) is 0 Å². The first-order chi connectivity index (χ1) is 9.22. The van der Waals surface area contributed by atoms with Gasteiger partial charge in [0.25, 0.3) is 0 Å². The van der Waals surface area contributed by atoms with Gasteiger partial charge in [0.2, 0.25) is 0 Å². The van der Waals surface area contributed by atoms with Crippen LogP contribution in [0.15, 0.2) is 35.0 Å².